The standard InChI is InChI=1S/C16H12Cl2N6O2/c17-12-4-3-11(6-13(12)18)23-16-14(24(25)26)15(21-9-22-16)20-8-10-2-1-5-19-7-10/h1-7,9H,8H2,(H2,20,21,22,23). The zero-order valence-electron chi connectivity index (χ0n) is 13.2. The van der Waals surface area contributed by atoms with Crippen LogP contribution in [0.25, 0.3) is 0 Å². The average Bonchev–Trinajstić information content (AvgIpc) is 2.64. The smallest absolute Gasteiger partial charge is 0.353 e. The van der Waals surface area contributed by atoms with Crippen LogP contribution in [0.1, 0.15) is 5.56 Å². The maximum atomic E-state index is 11.6. The molecule has 0 bridgehead atoms. The first-order valence-electron chi connectivity index (χ1n) is 7.39. The average molecular weight is 391 g/mol. The van der Waals surface area contributed by atoms with E-state index in [2.05, 4.69) is 25.6 Å². The number of pyridine rings is 1. The molecule has 0 unspecified atom stereocenters. The summed E-state index contributed by atoms with van der Waals surface area (Å²) in [6, 6.07) is 8.41. The van der Waals surface area contributed by atoms with Gasteiger partial charge in [0, 0.05) is 24.6 Å². The van der Waals surface area contributed by atoms with Crippen molar-refractivity contribution in [1.82, 2.24) is 15.0 Å². The molecule has 8 nitrogen and oxygen atoms in total. The number of rotatable bonds is 6. The van der Waals surface area contributed by atoms with E-state index in [-0.39, 0.29) is 17.3 Å². The normalized spacial score (nSPS) is 10.4. The molecule has 3 rings (SSSR count). The van der Waals surface area contributed by atoms with Gasteiger partial charge in [-0.25, -0.2) is 9.97 Å². The number of nitro groups is 1. The predicted molar refractivity (Wildman–Crippen MR) is 100.0 cm³/mol. The van der Waals surface area contributed by atoms with Crippen LogP contribution in [-0.4, -0.2) is 19.9 Å². The highest BCUT2D eigenvalue weighted by Crippen LogP contribution is 2.33. The molecule has 2 N–H and O–H groups in total. The fraction of sp³-hybridized carbons (Fsp3) is 0.0625. The Hall–Kier alpha value is -2.97. The van der Waals surface area contributed by atoms with Gasteiger partial charge in [-0.1, -0.05) is 29.3 Å². The zero-order chi connectivity index (χ0) is 18.5. The van der Waals surface area contributed by atoms with Crippen LogP contribution in [-0.2, 0) is 6.54 Å². The van der Waals surface area contributed by atoms with E-state index in [1.165, 1.54) is 6.33 Å². The molecular formula is C16H12Cl2N6O2. The Balaban J connectivity index is 1.88. The maximum absolute atomic E-state index is 11.6. The summed E-state index contributed by atoms with van der Waals surface area (Å²) in [5.74, 6) is 0.133. The van der Waals surface area contributed by atoms with E-state index in [9.17, 15) is 10.1 Å². The molecule has 132 valence electrons. The molecule has 0 fully saturated rings. The lowest BCUT2D eigenvalue weighted by Crippen LogP contribution is -2.08. The Morgan fingerprint density at radius 1 is 1.12 bits per heavy atom. The van der Waals surface area contributed by atoms with E-state index < -0.39 is 4.92 Å². The first kappa shape index (κ1) is 17.8. The Bertz CT molecular complexity index is 939. The number of nitrogens with one attached hydrogen (secondary N) is 2. The van der Waals surface area contributed by atoms with Gasteiger partial charge < -0.3 is 10.6 Å². The summed E-state index contributed by atoms with van der Waals surface area (Å²) in [7, 11) is 0. The highest BCUT2D eigenvalue weighted by Gasteiger charge is 2.23. The SMILES string of the molecule is O=[N+]([O-])c1c(NCc2cccnc2)ncnc1Nc1ccc(Cl)c(Cl)c1. The van der Waals surface area contributed by atoms with E-state index in [0.29, 0.717) is 22.3 Å². The monoisotopic (exact) mass is 390 g/mol. The second-order valence-electron chi connectivity index (χ2n) is 5.15. The van der Waals surface area contributed by atoms with Gasteiger partial charge in [0.15, 0.2) is 0 Å². The van der Waals surface area contributed by atoms with Crippen molar-refractivity contribution in [3.05, 3.63) is 74.8 Å². The minimum atomic E-state index is -0.550. The van der Waals surface area contributed by atoms with Crippen molar-refractivity contribution >= 4 is 46.2 Å². The number of hydrogen-bond donors (Lipinski definition) is 2. The Morgan fingerprint density at radius 2 is 1.92 bits per heavy atom. The van der Waals surface area contributed by atoms with Gasteiger partial charge in [-0.3, -0.25) is 15.1 Å². The predicted octanol–water partition coefficient (Wildman–Crippen LogP) is 4.44. The van der Waals surface area contributed by atoms with Crippen LogP contribution in [0, 0.1) is 10.1 Å². The summed E-state index contributed by atoms with van der Waals surface area (Å²) in [6.45, 7) is 0.331. The van der Waals surface area contributed by atoms with Crippen molar-refractivity contribution in [1.29, 1.82) is 0 Å². The molecule has 10 heteroatoms. The minimum absolute atomic E-state index is 0.0390. The van der Waals surface area contributed by atoms with Crippen molar-refractivity contribution in [3.63, 3.8) is 0 Å². The van der Waals surface area contributed by atoms with Crippen molar-refractivity contribution in [3.8, 4) is 0 Å². The number of nitrogens with zero attached hydrogens (tertiary/aromatic N) is 4. The molecule has 0 spiro atoms. The van der Waals surface area contributed by atoms with Gasteiger partial charge in [0.25, 0.3) is 0 Å². The minimum Gasteiger partial charge on any atom is -0.360 e. The highest BCUT2D eigenvalue weighted by molar-refractivity contribution is 6.42. The molecule has 0 saturated heterocycles. The van der Waals surface area contributed by atoms with E-state index in [1.54, 1.807) is 36.7 Å². The molecule has 2 aromatic heterocycles. The van der Waals surface area contributed by atoms with E-state index in [4.69, 9.17) is 23.2 Å². The van der Waals surface area contributed by atoms with E-state index >= 15 is 0 Å². The van der Waals surface area contributed by atoms with Crippen LogP contribution in [0.3, 0.4) is 0 Å². The summed E-state index contributed by atoms with van der Waals surface area (Å²) in [6.07, 6.45) is 4.54. The lowest BCUT2D eigenvalue weighted by molar-refractivity contribution is -0.383. The molecule has 0 atom stereocenters. The van der Waals surface area contributed by atoms with Gasteiger partial charge in [0.05, 0.1) is 15.0 Å². The lowest BCUT2D eigenvalue weighted by atomic mass is 10.3. The van der Waals surface area contributed by atoms with Crippen molar-refractivity contribution in [2.75, 3.05) is 10.6 Å². The molecule has 0 saturated carbocycles. The molecule has 0 aliphatic rings. The zero-order valence-corrected chi connectivity index (χ0v) is 14.7. The largest absolute Gasteiger partial charge is 0.360 e. The molecule has 1 aromatic carbocycles. The summed E-state index contributed by atoms with van der Waals surface area (Å²) in [5, 5.41) is 18.1. The Kier molecular flexibility index (Phi) is 5.45. The van der Waals surface area contributed by atoms with Gasteiger partial charge >= 0.3 is 5.69 Å². The Labute approximate surface area is 158 Å². The number of benzene rings is 1. The summed E-state index contributed by atoms with van der Waals surface area (Å²) in [4.78, 5) is 23.0. The molecule has 2 heterocycles. The third-order valence-electron chi connectivity index (χ3n) is 3.37. The molecule has 26 heavy (non-hydrogen) atoms. The van der Waals surface area contributed by atoms with Crippen LogP contribution < -0.4 is 10.6 Å². The number of aromatic nitrogens is 3. The van der Waals surface area contributed by atoms with Gasteiger partial charge in [-0.2, -0.15) is 0 Å². The quantitative estimate of drug-likeness (QED) is 0.473. The van der Waals surface area contributed by atoms with Crippen LogP contribution in [0.15, 0.2) is 49.1 Å². The highest BCUT2D eigenvalue weighted by atomic mass is 35.5. The van der Waals surface area contributed by atoms with Crippen LogP contribution >= 0.6 is 23.2 Å². The summed E-state index contributed by atoms with van der Waals surface area (Å²) < 4.78 is 0. The van der Waals surface area contributed by atoms with Crippen LogP contribution in [0.4, 0.5) is 23.0 Å². The van der Waals surface area contributed by atoms with Crippen LogP contribution in [0.2, 0.25) is 10.0 Å². The molecule has 0 aliphatic carbocycles. The van der Waals surface area contributed by atoms with Crippen molar-refractivity contribution in [2.24, 2.45) is 0 Å². The van der Waals surface area contributed by atoms with Crippen molar-refractivity contribution < 1.29 is 4.92 Å². The van der Waals surface area contributed by atoms with E-state index in [0.717, 1.165) is 5.56 Å². The number of halogens is 2. The first-order valence-corrected chi connectivity index (χ1v) is 8.14. The third-order valence-corrected chi connectivity index (χ3v) is 4.11. The van der Waals surface area contributed by atoms with Crippen LogP contribution in [0.5, 0.6) is 0 Å². The fourth-order valence-corrected chi connectivity index (χ4v) is 2.47. The molecular weight excluding hydrogens is 379 g/mol. The van der Waals surface area contributed by atoms with Gasteiger partial charge in [-0.15, -0.1) is 0 Å². The summed E-state index contributed by atoms with van der Waals surface area (Å²) >= 11 is 11.9. The number of anilines is 3. The Morgan fingerprint density at radius 3 is 2.62 bits per heavy atom. The summed E-state index contributed by atoms with van der Waals surface area (Å²) in [5.41, 5.74) is 1.10. The van der Waals surface area contributed by atoms with Gasteiger partial charge in [-0.05, 0) is 29.8 Å². The molecule has 3 aromatic rings. The van der Waals surface area contributed by atoms with Crippen molar-refractivity contribution in [2.45, 2.75) is 6.54 Å². The fourth-order valence-electron chi connectivity index (χ4n) is 2.17. The third kappa shape index (κ3) is 4.16. The molecule has 0 amide bonds. The molecule has 0 aliphatic heterocycles. The second-order valence-corrected chi connectivity index (χ2v) is 5.96. The number of hydrogen-bond acceptors (Lipinski definition) is 7. The topological polar surface area (TPSA) is 106 Å². The lowest BCUT2D eigenvalue weighted by Gasteiger charge is -2.10. The first-order chi connectivity index (χ1) is 12.5. The van der Waals surface area contributed by atoms with Gasteiger partial charge in [0.2, 0.25) is 11.6 Å². The second kappa shape index (κ2) is 7.94. The molecule has 0 radical (unpaired) electrons. The van der Waals surface area contributed by atoms with Gasteiger partial charge in [0.1, 0.15) is 6.33 Å². The van der Waals surface area contributed by atoms with E-state index in [1.807, 2.05) is 6.07 Å². The maximum Gasteiger partial charge on any atom is 0.353 e.